The van der Waals surface area contributed by atoms with E-state index in [1.807, 2.05) is 12.1 Å². The fourth-order valence-electron chi connectivity index (χ4n) is 3.57. The fraction of sp³-hybridized carbons (Fsp3) is 0.444. The maximum Gasteiger partial charge on any atom is 0.162 e. The molecule has 0 N–H and O–H groups in total. The first-order valence-electron chi connectivity index (χ1n) is 8.53. The first-order valence-corrected chi connectivity index (χ1v) is 9.41. The summed E-state index contributed by atoms with van der Waals surface area (Å²) in [6, 6.07) is 3.87. The van der Waals surface area contributed by atoms with E-state index in [2.05, 4.69) is 21.9 Å². The van der Waals surface area contributed by atoms with Gasteiger partial charge in [-0.2, -0.15) is 0 Å². The van der Waals surface area contributed by atoms with Crippen molar-refractivity contribution in [2.75, 3.05) is 6.54 Å². The van der Waals surface area contributed by atoms with Crippen LogP contribution in [0, 0.1) is 0 Å². The molecule has 0 amide bonds. The SMILES string of the molecule is Cn1c(C2CC2)nc2c1CCN(Cc1csc(-c3ccco3)n1)C2. The Hall–Kier alpha value is -1.92. The normalized spacial score (nSPS) is 18.0. The molecule has 5 nitrogen and oxygen atoms in total. The summed E-state index contributed by atoms with van der Waals surface area (Å²) < 4.78 is 7.78. The van der Waals surface area contributed by atoms with E-state index in [1.165, 1.54) is 30.1 Å². The van der Waals surface area contributed by atoms with Gasteiger partial charge in [0.25, 0.3) is 0 Å². The standard InChI is InChI=1S/C18H20N4OS/c1-21-15-6-7-22(10-14(15)20-17(21)12-4-5-12)9-13-11-24-18(19-13)16-3-2-8-23-16/h2-3,8,11-12H,4-7,9-10H2,1H3. The number of rotatable bonds is 4. The minimum Gasteiger partial charge on any atom is -0.462 e. The van der Waals surface area contributed by atoms with Gasteiger partial charge in [0.15, 0.2) is 10.8 Å². The third kappa shape index (κ3) is 2.50. The van der Waals surface area contributed by atoms with Crippen LogP contribution in [0.25, 0.3) is 10.8 Å². The van der Waals surface area contributed by atoms with E-state index < -0.39 is 0 Å². The average molecular weight is 340 g/mol. The molecule has 3 aromatic rings. The summed E-state index contributed by atoms with van der Waals surface area (Å²) in [5, 5.41) is 3.10. The molecule has 3 aromatic heterocycles. The van der Waals surface area contributed by atoms with Gasteiger partial charge in [-0.25, -0.2) is 9.97 Å². The number of imidazole rings is 1. The Kier molecular flexibility index (Phi) is 3.35. The van der Waals surface area contributed by atoms with Crippen molar-refractivity contribution in [2.45, 2.75) is 38.3 Å². The van der Waals surface area contributed by atoms with Crippen LogP contribution in [0.2, 0.25) is 0 Å². The number of aromatic nitrogens is 3. The van der Waals surface area contributed by atoms with Crippen LogP contribution in [0.1, 0.15) is 41.7 Å². The Labute approximate surface area is 145 Å². The van der Waals surface area contributed by atoms with Crippen LogP contribution in [-0.4, -0.2) is 26.0 Å². The molecule has 2 aliphatic rings. The number of hydrogen-bond acceptors (Lipinski definition) is 5. The monoisotopic (exact) mass is 340 g/mol. The Morgan fingerprint density at radius 1 is 1.33 bits per heavy atom. The van der Waals surface area contributed by atoms with Crippen molar-refractivity contribution >= 4 is 11.3 Å². The molecule has 0 unspecified atom stereocenters. The number of nitrogens with zero attached hydrogens (tertiary/aromatic N) is 4. The maximum absolute atomic E-state index is 5.44. The van der Waals surface area contributed by atoms with E-state index >= 15 is 0 Å². The lowest BCUT2D eigenvalue weighted by Crippen LogP contribution is -2.30. The van der Waals surface area contributed by atoms with Crippen LogP contribution in [0.5, 0.6) is 0 Å². The zero-order chi connectivity index (χ0) is 16.1. The van der Waals surface area contributed by atoms with Gasteiger partial charge in [-0.05, 0) is 25.0 Å². The van der Waals surface area contributed by atoms with Crippen LogP contribution in [0.15, 0.2) is 28.2 Å². The molecular formula is C18H20N4OS. The summed E-state index contributed by atoms with van der Waals surface area (Å²) >= 11 is 1.65. The second-order valence-electron chi connectivity index (χ2n) is 6.78. The van der Waals surface area contributed by atoms with Gasteiger partial charge < -0.3 is 8.98 Å². The van der Waals surface area contributed by atoms with Gasteiger partial charge in [-0.1, -0.05) is 0 Å². The Bertz CT molecular complexity index is 860. The number of thiazole rings is 1. The molecule has 124 valence electrons. The predicted molar refractivity (Wildman–Crippen MR) is 92.8 cm³/mol. The van der Waals surface area contributed by atoms with E-state index in [4.69, 9.17) is 14.4 Å². The molecule has 0 atom stereocenters. The van der Waals surface area contributed by atoms with Gasteiger partial charge in [-0.15, -0.1) is 11.3 Å². The zero-order valence-corrected chi connectivity index (χ0v) is 14.6. The van der Waals surface area contributed by atoms with Crippen molar-refractivity contribution in [1.29, 1.82) is 0 Å². The van der Waals surface area contributed by atoms with Crippen molar-refractivity contribution in [1.82, 2.24) is 19.4 Å². The lowest BCUT2D eigenvalue weighted by molar-refractivity contribution is 0.238. The molecule has 5 rings (SSSR count). The molecule has 1 aliphatic carbocycles. The highest BCUT2D eigenvalue weighted by atomic mass is 32.1. The highest BCUT2D eigenvalue weighted by Crippen LogP contribution is 2.40. The third-order valence-corrected chi connectivity index (χ3v) is 5.89. The minimum atomic E-state index is 0.712. The van der Waals surface area contributed by atoms with Gasteiger partial charge in [0.1, 0.15) is 5.82 Å². The van der Waals surface area contributed by atoms with E-state index in [-0.39, 0.29) is 0 Å². The Morgan fingerprint density at radius 2 is 2.25 bits per heavy atom. The molecule has 0 saturated heterocycles. The van der Waals surface area contributed by atoms with Crippen LogP contribution in [0.3, 0.4) is 0 Å². The third-order valence-electron chi connectivity index (χ3n) is 4.98. The highest BCUT2D eigenvalue weighted by molar-refractivity contribution is 7.13. The average Bonchev–Trinajstić information content (AvgIpc) is 3.00. The predicted octanol–water partition coefficient (Wildman–Crippen LogP) is 3.57. The molecule has 4 heterocycles. The first-order chi connectivity index (χ1) is 11.8. The van der Waals surface area contributed by atoms with Gasteiger partial charge in [-0.3, -0.25) is 4.90 Å². The molecule has 0 aromatic carbocycles. The van der Waals surface area contributed by atoms with Gasteiger partial charge in [0.05, 0.1) is 17.7 Å². The molecule has 6 heteroatoms. The van der Waals surface area contributed by atoms with Gasteiger partial charge in [0.2, 0.25) is 0 Å². The summed E-state index contributed by atoms with van der Waals surface area (Å²) in [5.41, 5.74) is 3.82. The summed E-state index contributed by atoms with van der Waals surface area (Å²) in [6.45, 7) is 2.89. The van der Waals surface area contributed by atoms with Gasteiger partial charge in [0, 0.05) is 50.1 Å². The molecule has 0 bridgehead atoms. The molecule has 1 saturated carbocycles. The minimum absolute atomic E-state index is 0.712. The molecular weight excluding hydrogens is 320 g/mol. The first kappa shape index (κ1) is 14.4. The lowest BCUT2D eigenvalue weighted by Gasteiger charge is -2.25. The summed E-state index contributed by atoms with van der Waals surface area (Å²) in [5.74, 6) is 2.87. The Morgan fingerprint density at radius 3 is 3.04 bits per heavy atom. The van der Waals surface area contributed by atoms with Crippen LogP contribution < -0.4 is 0 Å². The topological polar surface area (TPSA) is 47.1 Å². The molecule has 1 aliphatic heterocycles. The van der Waals surface area contributed by atoms with Crippen LogP contribution in [-0.2, 0) is 26.6 Å². The largest absolute Gasteiger partial charge is 0.462 e. The van der Waals surface area contributed by atoms with Crippen molar-refractivity contribution in [2.24, 2.45) is 7.05 Å². The molecule has 24 heavy (non-hydrogen) atoms. The highest BCUT2D eigenvalue weighted by Gasteiger charge is 2.31. The number of hydrogen-bond donors (Lipinski definition) is 0. The lowest BCUT2D eigenvalue weighted by atomic mass is 10.1. The summed E-state index contributed by atoms with van der Waals surface area (Å²) in [4.78, 5) is 12.1. The molecule has 0 radical (unpaired) electrons. The second-order valence-corrected chi connectivity index (χ2v) is 7.64. The molecule has 1 fully saturated rings. The van der Waals surface area contributed by atoms with Gasteiger partial charge >= 0.3 is 0 Å². The Balaban J connectivity index is 1.32. The fourth-order valence-corrected chi connectivity index (χ4v) is 4.34. The van der Waals surface area contributed by atoms with E-state index in [9.17, 15) is 0 Å². The smallest absolute Gasteiger partial charge is 0.162 e. The van der Waals surface area contributed by atoms with E-state index in [0.29, 0.717) is 5.92 Å². The second kappa shape index (κ2) is 5.57. The van der Waals surface area contributed by atoms with Crippen molar-refractivity contribution < 1.29 is 4.42 Å². The number of furan rings is 1. The zero-order valence-electron chi connectivity index (χ0n) is 13.7. The van der Waals surface area contributed by atoms with Crippen LogP contribution in [0.4, 0.5) is 0 Å². The van der Waals surface area contributed by atoms with Crippen molar-refractivity contribution in [3.63, 3.8) is 0 Å². The van der Waals surface area contributed by atoms with E-state index in [0.717, 1.165) is 42.5 Å². The van der Waals surface area contributed by atoms with E-state index in [1.54, 1.807) is 17.6 Å². The molecule has 0 spiro atoms. The number of fused-ring (bicyclic) bond motifs is 1. The maximum atomic E-state index is 5.44. The van der Waals surface area contributed by atoms with Crippen molar-refractivity contribution in [3.8, 4) is 10.8 Å². The van der Waals surface area contributed by atoms with Crippen LogP contribution >= 0.6 is 11.3 Å². The summed E-state index contributed by atoms with van der Waals surface area (Å²) in [7, 11) is 2.19. The van der Waals surface area contributed by atoms with Crippen molar-refractivity contribution in [3.05, 3.63) is 46.7 Å². The summed E-state index contributed by atoms with van der Waals surface area (Å²) in [6.07, 6.45) is 5.39. The quantitative estimate of drug-likeness (QED) is 0.728.